The molecule has 2 aliphatic rings. The van der Waals surface area contributed by atoms with Crippen molar-refractivity contribution in [1.82, 2.24) is 4.90 Å². The van der Waals surface area contributed by atoms with Crippen LogP contribution in [0.1, 0.15) is 46.3 Å². The molecular formula is C22H25FN2O. The molecule has 1 aliphatic heterocycles. The number of halogens is 1. The molecule has 0 radical (unpaired) electrons. The standard InChI is InChI=1S/C22H25FN2O/c23-14-19-13-18(22(24)26)6-7-21(19)17-5-4-15-8-10-25(20-2-1-3-20)11-9-16(15)12-17/h4-7,12-13,20H,1-3,8-11,14H2,(H2,24,26). The number of nitrogens with zero attached hydrogens (tertiary/aromatic N) is 1. The van der Waals surface area contributed by atoms with E-state index in [1.165, 1.54) is 30.4 Å². The monoisotopic (exact) mass is 352 g/mol. The van der Waals surface area contributed by atoms with E-state index in [2.05, 4.69) is 23.1 Å². The number of hydrogen-bond donors (Lipinski definition) is 1. The van der Waals surface area contributed by atoms with Crippen molar-refractivity contribution < 1.29 is 9.18 Å². The Morgan fingerprint density at radius 2 is 1.85 bits per heavy atom. The number of amides is 1. The van der Waals surface area contributed by atoms with Gasteiger partial charge in [-0.05, 0) is 65.6 Å². The summed E-state index contributed by atoms with van der Waals surface area (Å²) in [7, 11) is 0. The number of alkyl halides is 1. The molecule has 26 heavy (non-hydrogen) atoms. The Hall–Kier alpha value is -2.20. The highest BCUT2D eigenvalue weighted by Crippen LogP contribution is 2.31. The van der Waals surface area contributed by atoms with Gasteiger partial charge in [0.1, 0.15) is 6.67 Å². The number of rotatable bonds is 4. The van der Waals surface area contributed by atoms with Gasteiger partial charge >= 0.3 is 0 Å². The number of benzene rings is 2. The summed E-state index contributed by atoms with van der Waals surface area (Å²) in [6, 6.07) is 12.3. The molecule has 0 bridgehead atoms. The van der Waals surface area contributed by atoms with Crippen LogP contribution in [0.15, 0.2) is 36.4 Å². The number of carbonyl (C=O) groups is 1. The number of nitrogens with two attached hydrogens (primary N) is 1. The summed E-state index contributed by atoms with van der Waals surface area (Å²) in [5.74, 6) is -0.524. The summed E-state index contributed by atoms with van der Waals surface area (Å²) >= 11 is 0. The molecule has 2 aromatic carbocycles. The quantitative estimate of drug-likeness (QED) is 0.908. The Balaban J connectivity index is 1.62. The fourth-order valence-corrected chi connectivity index (χ4v) is 4.17. The lowest BCUT2D eigenvalue weighted by molar-refractivity contribution is 0.1000. The van der Waals surface area contributed by atoms with Gasteiger partial charge in [0.05, 0.1) is 0 Å². The molecule has 136 valence electrons. The van der Waals surface area contributed by atoms with Crippen molar-refractivity contribution in [3.8, 4) is 11.1 Å². The third kappa shape index (κ3) is 3.26. The van der Waals surface area contributed by atoms with E-state index in [1.54, 1.807) is 12.1 Å². The van der Waals surface area contributed by atoms with Crippen molar-refractivity contribution in [1.29, 1.82) is 0 Å². The second kappa shape index (κ2) is 7.20. The van der Waals surface area contributed by atoms with Crippen LogP contribution in [0.25, 0.3) is 11.1 Å². The molecular weight excluding hydrogens is 327 g/mol. The van der Waals surface area contributed by atoms with E-state index in [4.69, 9.17) is 5.73 Å². The first-order valence-corrected chi connectivity index (χ1v) is 9.50. The highest BCUT2D eigenvalue weighted by molar-refractivity contribution is 5.93. The molecule has 0 aromatic heterocycles. The number of hydrogen-bond acceptors (Lipinski definition) is 2. The number of primary amides is 1. The van der Waals surface area contributed by atoms with Crippen molar-refractivity contribution in [2.24, 2.45) is 5.73 Å². The molecule has 0 spiro atoms. The van der Waals surface area contributed by atoms with Crippen LogP contribution in [-0.2, 0) is 19.5 Å². The van der Waals surface area contributed by atoms with Gasteiger partial charge < -0.3 is 5.73 Å². The Kier molecular flexibility index (Phi) is 4.77. The molecule has 0 unspecified atom stereocenters. The van der Waals surface area contributed by atoms with Gasteiger partial charge in [0.25, 0.3) is 0 Å². The fraction of sp³-hybridized carbons (Fsp3) is 0.409. The van der Waals surface area contributed by atoms with Gasteiger partial charge in [-0.3, -0.25) is 9.69 Å². The molecule has 0 saturated heterocycles. The minimum Gasteiger partial charge on any atom is -0.366 e. The van der Waals surface area contributed by atoms with Crippen LogP contribution < -0.4 is 5.73 Å². The van der Waals surface area contributed by atoms with Crippen molar-refractivity contribution in [3.05, 3.63) is 58.7 Å². The van der Waals surface area contributed by atoms with Crippen molar-refractivity contribution in [2.75, 3.05) is 13.1 Å². The minimum absolute atomic E-state index is 0.354. The van der Waals surface area contributed by atoms with Crippen LogP contribution in [-0.4, -0.2) is 29.9 Å². The minimum atomic E-state index is -0.608. The van der Waals surface area contributed by atoms with Crippen LogP contribution in [0.3, 0.4) is 0 Å². The van der Waals surface area contributed by atoms with Gasteiger partial charge in [0.2, 0.25) is 5.91 Å². The average Bonchev–Trinajstić information content (AvgIpc) is 2.82. The molecule has 0 atom stereocenters. The first-order chi connectivity index (χ1) is 12.7. The van der Waals surface area contributed by atoms with Gasteiger partial charge in [-0.15, -0.1) is 0 Å². The molecule has 1 amide bonds. The van der Waals surface area contributed by atoms with E-state index >= 15 is 0 Å². The summed E-state index contributed by atoms with van der Waals surface area (Å²) in [4.78, 5) is 14.0. The van der Waals surface area contributed by atoms with Crippen LogP contribution in [0.5, 0.6) is 0 Å². The largest absolute Gasteiger partial charge is 0.366 e. The summed E-state index contributed by atoms with van der Waals surface area (Å²) < 4.78 is 13.5. The number of carbonyl (C=O) groups excluding carboxylic acids is 1. The van der Waals surface area contributed by atoms with E-state index in [0.717, 1.165) is 43.1 Å². The highest BCUT2D eigenvalue weighted by atomic mass is 19.1. The third-order valence-electron chi connectivity index (χ3n) is 5.98. The van der Waals surface area contributed by atoms with E-state index in [1.807, 2.05) is 6.07 Å². The van der Waals surface area contributed by atoms with Gasteiger partial charge in [0.15, 0.2) is 0 Å². The molecule has 4 heteroatoms. The summed E-state index contributed by atoms with van der Waals surface area (Å²) in [5.41, 5.74) is 10.8. The molecule has 2 N–H and O–H groups in total. The molecule has 2 aromatic rings. The van der Waals surface area contributed by atoms with Crippen LogP contribution >= 0.6 is 0 Å². The highest BCUT2D eigenvalue weighted by Gasteiger charge is 2.26. The average molecular weight is 352 g/mol. The first kappa shape index (κ1) is 17.2. The summed E-state index contributed by atoms with van der Waals surface area (Å²) in [6.07, 6.45) is 6.18. The predicted molar refractivity (Wildman–Crippen MR) is 102 cm³/mol. The second-order valence-corrected chi connectivity index (χ2v) is 7.47. The normalized spacial score (nSPS) is 18.0. The van der Waals surface area contributed by atoms with E-state index < -0.39 is 12.6 Å². The Morgan fingerprint density at radius 3 is 2.50 bits per heavy atom. The summed E-state index contributed by atoms with van der Waals surface area (Å²) in [5, 5.41) is 0. The van der Waals surface area contributed by atoms with Crippen molar-refractivity contribution in [3.63, 3.8) is 0 Å². The van der Waals surface area contributed by atoms with Gasteiger partial charge in [-0.2, -0.15) is 0 Å². The molecule has 1 saturated carbocycles. The topological polar surface area (TPSA) is 46.3 Å². The smallest absolute Gasteiger partial charge is 0.248 e. The lowest BCUT2D eigenvalue weighted by Crippen LogP contribution is -2.41. The van der Waals surface area contributed by atoms with Gasteiger partial charge in [-0.25, -0.2) is 4.39 Å². The maximum Gasteiger partial charge on any atom is 0.248 e. The molecule has 3 nitrogen and oxygen atoms in total. The number of fused-ring (bicyclic) bond motifs is 1. The zero-order valence-corrected chi connectivity index (χ0v) is 15.0. The van der Waals surface area contributed by atoms with Crippen LogP contribution in [0.4, 0.5) is 4.39 Å². The molecule has 4 rings (SSSR count). The Morgan fingerprint density at radius 1 is 1.08 bits per heavy atom. The zero-order valence-electron chi connectivity index (χ0n) is 15.0. The second-order valence-electron chi connectivity index (χ2n) is 7.47. The SMILES string of the molecule is NC(=O)c1ccc(-c2ccc3c(c2)CCN(C2CCC2)CC3)c(CF)c1. The van der Waals surface area contributed by atoms with Crippen LogP contribution in [0.2, 0.25) is 0 Å². The molecule has 1 aliphatic carbocycles. The first-order valence-electron chi connectivity index (χ1n) is 9.50. The molecule has 1 fully saturated rings. The zero-order chi connectivity index (χ0) is 18.1. The van der Waals surface area contributed by atoms with Gasteiger partial charge in [0, 0.05) is 24.7 Å². The van der Waals surface area contributed by atoms with E-state index in [0.29, 0.717) is 11.1 Å². The lowest BCUT2D eigenvalue weighted by Gasteiger charge is -2.36. The van der Waals surface area contributed by atoms with Gasteiger partial charge in [-0.1, -0.05) is 30.7 Å². The molecule has 1 heterocycles. The Bertz CT molecular complexity index is 829. The predicted octanol–water partition coefficient (Wildman–Crippen LogP) is 3.88. The van der Waals surface area contributed by atoms with E-state index in [-0.39, 0.29) is 0 Å². The fourth-order valence-electron chi connectivity index (χ4n) is 4.17. The maximum atomic E-state index is 13.5. The lowest BCUT2D eigenvalue weighted by atomic mass is 9.91. The Labute approximate surface area is 154 Å². The van der Waals surface area contributed by atoms with Crippen LogP contribution in [0, 0.1) is 0 Å². The summed E-state index contributed by atoms with van der Waals surface area (Å²) in [6.45, 7) is 1.64. The third-order valence-corrected chi connectivity index (χ3v) is 5.98. The van der Waals surface area contributed by atoms with Crippen molar-refractivity contribution in [2.45, 2.75) is 44.8 Å². The van der Waals surface area contributed by atoms with E-state index in [9.17, 15) is 9.18 Å². The van der Waals surface area contributed by atoms with Crippen molar-refractivity contribution >= 4 is 5.91 Å². The maximum absolute atomic E-state index is 13.5.